The van der Waals surface area contributed by atoms with Crippen molar-refractivity contribution in [1.82, 2.24) is 0 Å². The zero-order valence-corrected chi connectivity index (χ0v) is 20.3. The lowest BCUT2D eigenvalue weighted by Gasteiger charge is -2.39. The normalized spacial score (nSPS) is 18.3. The van der Waals surface area contributed by atoms with Crippen LogP contribution in [0.1, 0.15) is 33.7 Å². The molecular formula is C26H26FNO11. The van der Waals surface area contributed by atoms with Gasteiger partial charge in [-0.15, -0.1) is 0 Å². The molecule has 1 aliphatic rings. The monoisotopic (exact) mass is 547 g/mol. The van der Waals surface area contributed by atoms with Gasteiger partial charge in [-0.1, -0.05) is 0 Å². The highest BCUT2D eigenvalue weighted by Gasteiger charge is 2.45. The fourth-order valence-corrected chi connectivity index (χ4v) is 4.16. The van der Waals surface area contributed by atoms with E-state index < -0.39 is 58.8 Å². The van der Waals surface area contributed by atoms with Crippen molar-refractivity contribution >= 4 is 5.97 Å². The van der Waals surface area contributed by atoms with Gasteiger partial charge in [-0.2, -0.15) is 0 Å². The number of carbonyl (C=O) groups is 1. The number of phenolic OH excluding ortho intramolecular Hbond substituents is 6. The van der Waals surface area contributed by atoms with Gasteiger partial charge < -0.3 is 55.3 Å². The predicted octanol–water partition coefficient (Wildman–Crippen LogP) is 2.45. The summed E-state index contributed by atoms with van der Waals surface area (Å²) in [5.74, 6) is -5.69. The van der Waals surface area contributed by atoms with Gasteiger partial charge >= 0.3 is 5.97 Å². The van der Waals surface area contributed by atoms with E-state index in [4.69, 9.17) is 24.7 Å². The van der Waals surface area contributed by atoms with Crippen LogP contribution in [0.15, 0.2) is 42.5 Å². The van der Waals surface area contributed by atoms with E-state index in [1.807, 2.05) is 0 Å². The van der Waals surface area contributed by atoms with Crippen molar-refractivity contribution in [3.05, 3.63) is 65.0 Å². The van der Waals surface area contributed by atoms with Crippen LogP contribution >= 0.6 is 0 Å². The molecule has 3 aromatic carbocycles. The van der Waals surface area contributed by atoms with Crippen LogP contribution in [-0.2, 0) is 14.2 Å². The Hall–Kier alpha value is -4.46. The number of benzene rings is 3. The highest BCUT2D eigenvalue weighted by molar-refractivity contribution is 5.90. The first-order valence-electron chi connectivity index (χ1n) is 11.7. The molecule has 39 heavy (non-hydrogen) atoms. The van der Waals surface area contributed by atoms with Crippen LogP contribution in [0.4, 0.5) is 4.39 Å². The number of phenols is 6. The fourth-order valence-electron chi connectivity index (χ4n) is 4.16. The minimum absolute atomic E-state index is 0.00385. The molecule has 0 radical (unpaired) electrons. The van der Waals surface area contributed by atoms with Crippen molar-refractivity contribution in [2.75, 3.05) is 26.4 Å². The number of hydrogen-bond acceptors (Lipinski definition) is 12. The van der Waals surface area contributed by atoms with Gasteiger partial charge in [0.25, 0.3) is 0 Å². The second-order valence-corrected chi connectivity index (χ2v) is 8.58. The van der Waals surface area contributed by atoms with Gasteiger partial charge in [-0.25, -0.2) is 9.18 Å². The number of ether oxygens (including phenoxy) is 4. The maximum atomic E-state index is 13.9. The quantitative estimate of drug-likeness (QED) is 0.117. The molecule has 0 aliphatic carbocycles. The molecule has 1 aliphatic heterocycles. The molecule has 12 nitrogen and oxygen atoms in total. The van der Waals surface area contributed by atoms with Crippen LogP contribution in [0.5, 0.6) is 40.2 Å². The molecule has 0 spiro atoms. The molecule has 4 rings (SSSR count). The first-order chi connectivity index (χ1) is 18.6. The van der Waals surface area contributed by atoms with Crippen molar-refractivity contribution in [1.29, 1.82) is 0 Å². The summed E-state index contributed by atoms with van der Waals surface area (Å²) in [4.78, 5) is 13.1. The fraction of sp³-hybridized carbons (Fsp3) is 0.269. The number of esters is 1. The number of rotatable bonds is 9. The Morgan fingerprint density at radius 3 is 2.23 bits per heavy atom. The van der Waals surface area contributed by atoms with Gasteiger partial charge in [-0.3, -0.25) is 0 Å². The minimum Gasteiger partial charge on any atom is -0.508 e. The zero-order valence-electron chi connectivity index (χ0n) is 20.3. The number of hydrogen-bond donors (Lipinski definition) is 7. The van der Waals surface area contributed by atoms with E-state index in [0.29, 0.717) is 0 Å². The lowest BCUT2D eigenvalue weighted by atomic mass is 9.90. The summed E-state index contributed by atoms with van der Waals surface area (Å²) in [6.45, 7) is 0.477. The van der Waals surface area contributed by atoms with Gasteiger partial charge in [0.05, 0.1) is 30.9 Å². The predicted molar refractivity (Wildman–Crippen MR) is 130 cm³/mol. The summed E-state index contributed by atoms with van der Waals surface area (Å²) in [7, 11) is 0. The number of aromatic hydroxyl groups is 6. The van der Waals surface area contributed by atoms with Crippen molar-refractivity contribution in [2.24, 2.45) is 5.73 Å². The van der Waals surface area contributed by atoms with E-state index in [-0.39, 0.29) is 54.6 Å². The standard InChI is InChI=1S/C26H26FNO11/c27-14-5-13(6-15(29)9-14)26(35)39-25-23(12-7-18(32)22(34)19(33)8-12)38-20-11-16(30)10-17(31)21(20)24(25)37-4-3-36-2-1-28/h5-11,23-25,29-34H,1-4,28H2. The lowest BCUT2D eigenvalue weighted by Crippen LogP contribution is -2.40. The Bertz CT molecular complexity index is 1320. The molecule has 0 fully saturated rings. The topological polar surface area (TPSA) is 201 Å². The zero-order chi connectivity index (χ0) is 28.3. The van der Waals surface area contributed by atoms with Gasteiger partial charge in [0.2, 0.25) is 0 Å². The number of halogens is 1. The van der Waals surface area contributed by atoms with Gasteiger partial charge in [-0.05, 0) is 24.3 Å². The average Bonchev–Trinajstić information content (AvgIpc) is 2.86. The molecule has 1 heterocycles. The largest absolute Gasteiger partial charge is 0.508 e. The smallest absolute Gasteiger partial charge is 0.338 e. The van der Waals surface area contributed by atoms with Gasteiger partial charge in [0.1, 0.15) is 34.9 Å². The van der Waals surface area contributed by atoms with E-state index in [1.165, 1.54) is 6.07 Å². The third-order valence-corrected chi connectivity index (χ3v) is 5.81. The van der Waals surface area contributed by atoms with E-state index in [2.05, 4.69) is 0 Å². The lowest BCUT2D eigenvalue weighted by molar-refractivity contribution is -0.117. The van der Waals surface area contributed by atoms with E-state index in [0.717, 1.165) is 36.4 Å². The Balaban J connectivity index is 1.80. The van der Waals surface area contributed by atoms with Crippen LogP contribution in [0, 0.1) is 5.82 Å². The van der Waals surface area contributed by atoms with Crippen LogP contribution in [-0.4, -0.2) is 69.1 Å². The molecule has 0 amide bonds. The van der Waals surface area contributed by atoms with E-state index in [1.54, 1.807) is 0 Å². The second-order valence-electron chi connectivity index (χ2n) is 8.58. The third-order valence-electron chi connectivity index (χ3n) is 5.81. The van der Waals surface area contributed by atoms with Crippen LogP contribution in [0.25, 0.3) is 0 Å². The third kappa shape index (κ3) is 6.00. The number of nitrogens with two attached hydrogens (primary N) is 1. The Labute approximate surface area is 220 Å². The summed E-state index contributed by atoms with van der Waals surface area (Å²) in [5, 5.41) is 60.5. The summed E-state index contributed by atoms with van der Waals surface area (Å²) in [6.07, 6.45) is -4.12. The summed E-state index contributed by atoms with van der Waals surface area (Å²) >= 11 is 0. The molecule has 208 valence electrons. The van der Waals surface area contributed by atoms with Crippen molar-refractivity contribution < 1.29 is 58.8 Å². The molecule has 3 aromatic rings. The summed E-state index contributed by atoms with van der Waals surface area (Å²) in [6, 6.07) is 6.88. The summed E-state index contributed by atoms with van der Waals surface area (Å²) < 4.78 is 36.8. The second kappa shape index (κ2) is 11.5. The van der Waals surface area contributed by atoms with Crippen LogP contribution in [0.3, 0.4) is 0 Å². The molecule has 13 heteroatoms. The molecule has 3 atom stereocenters. The SMILES string of the molecule is NCCOCCOC1c2c(O)cc(O)cc2OC(c2cc(O)c(O)c(O)c2)C1OC(=O)c1cc(O)cc(F)c1. The molecule has 0 saturated heterocycles. The van der Waals surface area contributed by atoms with E-state index in [9.17, 15) is 39.8 Å². The first-order valence-corrected chi connectivity index (χ1v) is 11.7. The molecule has 0 saturated carbocycles. The van der Waals surface area contributed by atoms with Gasteiger partial charge in [0, 0.05) is 30.3 Å². The van der Waals surface area contributed by atoms with Crippen molar-refractivity contribution in [3.8, 4) is 40.2 Å². The number of carbonyl (C=O) groups excluding carboxylic acids is 1. The van der Waals surface area contributed by atoms with Crippen LogP contribution < -0.4 is 10.5 Å². The molecule has 8 N–H and O–H groups in total. The average molecular weight is 547 g/mol. The summed E-state index contributed by atoms with van der Waals surface area (Å²) in [5.41, 5.74) is 5.07. The molecule has 3 unspecified atom stereocenters. The highest BCUT2D eigenvalue weighted by Crippen LogP contribution is 2.51. The Morgan fingerprint density at radius 1 is 0.872 bits per heavy atom. The maximum Gasteiger partial charge on any atom is 0.338 e. The van der Waals surface area contributed by atoms with E-state index >= 15 is 0 Å². The van der Waals surface area contributed by atoms with Gasteiger partial charge in [0.15, 0.2) is 29.5 Å². The first kappa shape index (κ1) is 27.6. The molecular weight excluding hydrogens is 521 g/mol. The van der Waals surface area contributed by atoms with Crippen LogP contribution in [0.2, 0.25) is 0 Å². The maximum absolute atomic E-state index is 13.9. The molecule has 0 aromatic heterocycles. The number of fused-ring (bicyclic) bond motifs is 1. The highest BCUT2D eigenvalue weighted by atomic mass is 19.1. The Morgan fingerprint density at radius 2 is 1.56 bits per heavy atom. The Kier molecular flexibility index (Phi) is 8.14. The minimum atomic E-state index is -1.47. The molecule has 0 bridgehead atoms. The van der Waals surface area contributed by atoms with Crippen molar-refractivity contribution in [2.45, 2.75) is 18.3 Å². The van der Waals surface area contributed by atoms with Crippen molar-refractivity contribution in [3.63, 3.8) is 0 Å².